The molecule has 1 aromatic rings. The number of rotatable bonds is 11. The summed E-state index contributed by atoms with van der Waals surface area (Å²) in [6, 6.07) is 2.08. The summed E-state index contributed by atoms with van der Waals surface area (Å²) in [5, 5.41) is 3.40. The maximum atomic E-state index is 5.61. The lowest BCUT2D eigenvalue weighted by Crippen LogP contribution is -2.18. The Kier molecular flexibility index (Phi) is 8.59. The van der Waals surface area contributed by atoms with Crippen LogP contribution in [0.4, 0.5) is 0 Å². The summed E-state index contributed by atoms with van der Waals surface area (Å²) in [6.07, 6.45) is 6.81. The maximum Gasteiger partial charge on any atom is 0.129 e. The van der Waals surface area contributed by atoms with Crippen LogP contribution in [0.5, 0.6) is 0 Å². The quantitative estimate of drug-likeness (QED) is 0.612. The molecule has 1 heterocycles. The molecule has 0 fully saturated rings. The van der Waals surface area contributed by atoms with Gasteiger partial charge in [0.2, 0.25) is 0 Å². The van der Waals surface area contributed by atoms with E-state index in [1.54, 1.807) is 0 Å². The summed E-state index contributed by atoms with van der Waals surface area (Å²) in [5.74, 6) is 1.61. The van der Waals surface area contributed by atoms with Gasteiger partial charge >= 0.3 is 0 Å². The largest absolute Gasteiger partial charge is 0.467 e. The van der Waals surface area contributed by atoms with Gasteiger partial charge < -0.3 is 14.5 Å². The van der Waals surface area contributed by atoms with Gasteiger partial charge in [0.1, 0.15) is 12.4 Å². The van der Waals surface area contributed by atoms with Gasteiger partial charge in [-0.15, -0.1) is 0 Å². The molecule has 0 unspecified atom stereocenters. The molecule has 0 aliphatic heterocycles. The second-order valence-electron chi connectivity index (χ2n) is 5.56. The minimum Gasteiger partial charge on any atom is -0.467 e. The highest BCUT2D eigenvalue weighted by atomic mass is 16.5. The summed E-state index contributed by atoms with van der Waals surface area (Å²) in [7, 11) is 0. The second kappa shape index (κ2) is 10.0. The minimum atomic E-state index is 0.594. The number of nitrogens with one attached hydrogen (secondary N) is 1. The van der Waals surface area contributed by atoms with Crippen LogP contribution in [0.15, 0.2) is 16.7 Å². The fourth-order valence-electron chi connectivity index (χ4n) is 1.90. The average Bonchev–Trinajstić information content (AvgIpc) is 2.81. The van der Waals surface area contributed by atoms with E-state index in [-0.39, 0.29) is 0 Å². The van der Waals surface area contributed by atoms with Gasteiger partial charge in [-0.05, 0) is 24.9 Å². The minimum absolute atomic E-state index is 0.594. The van der Waals surface area contributed by atoms with Gasteiger partial charge in [0.05, 0.1) is 6.26 Å². The first-order valence-electron chi connectivity index (χ1n) is 7.57. The second-order valence-corrected chi connectivity index (χ2v) is 5.56. The van der Waals surface area contributed by atoms with Crippen LogP contribution in [0.25, 0.3) is 0 Å². The average molecular weight is 267 g/mol. The molecule has 0 saturated heterocycles. The number of unbranched alkanes of at least 4 members (excludes halogenated alkanes) is 3. The van der Waals surface area contributed by atoms with Crippen LogP contribution in [-0.4, -0.2) is 13.2 Å². The third-order valence-electron chi connectivity index (χ3n) is 2.98. The molecule has 0 atom stereocenters. The van der Waals surface area contributed by atoms with Crippen molar-refractivity contribution in [3.05, 3.63) is 23.7 Å². The van der Waals surface area contributed by atoms with Gasteiger partial charge in [-0.1, -0.05) is 40.0 Å². The molecular weight excluding hydrogens is 238 g/mol. The van der Waals surface area contributed by atoms with E-state index in [1.807, 2.05) is 6.26 Å². The molecule has 19 heavy (non-hydrogen) atoms. The summed E-state index contributed by atoms with van der Waals surface area (Å²) >= 11 is 0. The molecular formula is C16H29NO2. The van der Waals surface area contributed by atoms with Crippen molar-refractivity contribution in [1.29, 1.82) is 0 Å². The molecule has 0 saturated carbocycles. The van der Waals surface area contributed by atoms with E-state index in [4.69, 9.17) is 9.15 Å². The van der Waals surface area contributed by atoms with Gasteiger partial charge in [0.15, 0.2) is 0 Å². The molecule has 3 nitrogen and oxygen atoms in total. The number of ether oxygens (including phenoxy) is 1. The first-order chi connectivity index (χ1) is 9.22. The van der Waals surface area contributed by atoms with Crippen LogP contribution in [0.2, 0.25) is 0 Å². The molecule has 110 valence electrons. The van der Waals surface area contributed by atoms with E-state index in [9.17, 15) is 0 Å². The lowest BCUT2D eigenvalue weighted by Gasteiger charge is -2.04. The highest BCUT2D eigenvalue weighted by molar-refractivity contribution is 5.11. The molecule has 0 bridgehead atoms. The van der Waals surface area contributed by atoms with Crippen LogP contribution >= 0.6 is 0 Å². The summed E-state index contributed by atoms with van der Waals surface area (Å²) in [5.41, 5.74) is 1.20. The van der Waals surface area contributed by atoms with Crippen molar-refractivity contribution in [2.75, 3.05) is 13.2 Å². The number of furan rings is 1. The van der Waals surface area contributed by atoms with E-state index in [0.717, 1.165) is 31.9 Å². The zero-order valence-corrected chi connectivity index (χ0v) is 12.7. The van der Waals surface area contributed by atoms with Crippen LogP contribution in [0.3, 0.4) is 0 Å². The highest BCUT2D eigenvalue weighted by Crippen LogP contribution is 2.09. The molecule has 0 aliphatic rings. The Labute approximate surface area is 117 Å². The van der Waals surface area contributed by atoms with E-state index >= 15 is 0 Å². The predicted octanol–water partition coefficient (Wildman–Crippen LogP) is 4.12. The van der Waals surface area contributed by atoms with E-state index in [0.29, 0.717) is 12.5 Å². The van der Waals surface area contributed by atoms with Crippen molar-refractivity contribution in [2.24, 2.45) is 5.92 Å². The molecule has 0 aromatic carbocycles. The standard InChI is InChI=1S/C16H29NO2/c1-4-5-6-7-8-18-13-16-9-15(12-19-16)11-17-10-14(2)3/h9,12,14,17H,4-8,10-11,13H2,1-3H3. The SMILES string of the molecule is CCCCCCOCc1cc(CNCC(C)C)co1. The predicted molar refractivity (Wildman–Crippen MR) is 79.1 cm³/mol. The fourth-order valence-corrected chi connectivity index (χ4v) is 1.90. The van der Waals surface area contributed by atoms with Crippen molar-refractivity contribution >= 4 is 0 Å². The summed E-state index contributed by atoms with van der Waals surface area (Å²) in [6.45, 7) is 9.98. The first kappa shape index (κ1) is 16.3. The van der Waals surface area contributed by atoms with E-state index in [1.165, 1.54) is 24.8 Å². The molecule has 1 N–H and O–H groups in total. The molecule has 1 rings (SSSR count). The fraction of sp³-hybridized carbons (Fsp3) is 0.750. The van der Waals surface area contributed by atoms with Crippen LogP contribution in [0, 0.1) is 5.92 Å². The zero-order valence-electron chi connectivity index (χ0n) is 12.7. The van der Waals surface area contributed by atoms with Crippen molar-refractivity contribution in [3.63, 3.8) is 0 Å². The monoisotopic (exact) mass is 267 g/mol. The molecule has 0 radical (unpaired) electrons. The zero-order chi connectivity index (χ0) is 13.9. The Bertz CT molecular complexity index is 320. The van der Waals surface area contributed by atoms with Crippen LogP contribution in [-0.2, 0) is 17.9 Å². The summed E-state index contributed by atoms with van der Waals surface area (Å²) < 4.78 is 11.1. The van der Waals surface area contributed by atoms with Crippen molar-refractivity contribution < 1.29 is 9.15 Å². The summed E-state index contributed by atoms with van der Waals surface area (Å²) in [4.78, 5) is 0. The topological polar surface area (TPSA) is 34.4 Å². The Morgan fingerprint density at radius 1 is 1.26 bits per heavy atom. The molecule has 0 spiro atoms. The lowest BCUT2D eigenvalue weighted by molar-refractivity contribution is 0.102. The van der Waals surface area contributed by atoms with Gasteiger partial charge in [-0.2, -0.15) is 0 Å². The number of hydrogen-bond donors (Lipinski definition) is 1. The normalized spacial score (nSPS) is 11.4. The molecule has 1 aromatic heterocycles. The van der Waals surface area contributed by atoms with E-state index < -0.39 is 0 Å². The van der Waals surface area contributed by atoms with Crippen LogP contribution < -0.4 is 5.32 Å². The van der Waals surface area contributed by atoms with Crippen molar-refractivity contribution in [3.8, 4) is 0 Å². The Morgan fingerprint density at radius 3 is 2.84 bits per heavy atom. The lowest BCUT2D eigenvalue weighted by atomic mass is 10.2. The molecule has 3 heteroatoms. The smallest absolute Gasteiger partial charge is 0.129 e. The van der Waals surface area contributed by atoms with Gasteiger partial charge in [0.25, 0.3) is 0 Å². The Hall–Kier alpha value is -0.800. The van der Waals surface area contributed by atoms with Crippen molar-refractivity contribution in [1.82, 2.24) is 5.32 Å². The number of hydrogen-bond acceptors (Lipinski definition) is 3. The highest BCUT2D eigenvalue weighted by Gasteiger charge is 2.02. The van der Waals surface area contributed by atoms with Crippen LogP contribution in [0.1, 0.15) is 57.8 Å². The maximum absolute atomic E-state index is 5.61. The van der Waals surface area contributed by atoms with E-state index in [2.05, 4.69) is 32.2 Å². The van der Waals surface area contributed by atoms with Gasteiger partial charge in [-0.25, -0.2) is 0 Å². The van der Waals surface area contributed by atoms with Gasteiger partial charge in [0, 0.05) is 18.7 Å². The Balaban J connectivity index is 2.09. The Morgan fingerprint density at radius 2 is 2.11 bits per heavy atom. The van der Waals surface area contributed by atoms with Gasteiger partial charge in [-0.3, -0.25) is 0 Å². The van der Waals surface area contributed by atoms with Crippen molar-refractivity contribution in [2.45, 2.75) is 59.6 Å². The molecule has 0 aliphatic carbocycles. The molecule has 0 amide bonds. The first-order valence-corrected chi connectivity index (χ1v) is 7.57. The third-order valence-corrected chi connectivity index (χ3v) is 2.98. The third kappa shape index (κ3) is 8.06.